The first-order chi connectivity index (χ1) is 79.0. The van der Waals surface area contributed by atoms with E-state index in [2.05, 4.69) is 6.07 Å². The minimum atomic E-state index is -0.721. The van der Waals surface area contributed by atoms with Crippen LogP contribution in [0.5, 0.6) is 0 Å². The van der Waals surface area contributed by atoms with Crippen LogP contribution >= 0.6 is 0 Å². The normalized spacial score (nSPS) is 14.9. The molecule has 0 unspecified atom stereocenters. The Hall–Kier alpha value is -17.9. The van der Waals surface area contributed by atoms with E-state index in [9.17, 15) is 16.4 Å². The average Bonchev–Trinajstić information content (AvgIpc) is 1.31. The van der Waals surface area contributed by atoms with Crippen LogP contribution in [0.3, 0.4) is 0 Å². The first kappa shape index (κ1) is 53.3. The van der Waals surface area contributed by atoms with Gasteiger partial charge in [0.2, 0.25) is 0 Å². The van der Waals surface area contributed by atoms with Gasteiger partial charge in [-0.2, -0.15) is 0 Å². The van der Waals surface area contributed by atoms with E-state index in [1.54, 1.807) is 60.7 Å². The minimum absolute atomic E-state index is 0.0410. The first-order valence-corrected chi connectivity index (χ1v) is 43.9. The first-order valence-electron chi connectivity index (χ1n) is 58.4. The molecule has 628 valence electrons. The van der Waals surface area contributed by atoms with Crippen molar-refractivity contribution >= 4 is 185 Å². The Labute approximate surface area is 816 Å². The molecule has 5 nitrogen and oxygen atoms in total. The van der Waals surface area contributed by atoms with E-state index in [1.807, 2.05) is 241 Å². The van der Waals surface area contributed by atoms with Gasteiger partial charge in [-0.25, -0.2) is 0 Å². The van der Waals surface area contributed by atoms with Gasteiger partial charge in [-0.05, 0) is 244 Å². The quantitative estimate of drug-likeness (QED) is 0.135. The Bertz CT molecular complexity index is 11500. The molecule has 0 spiro atoms. The number of nitrogens with zero attached hydrogens (tertiary/aromatic N) is 1. The summed E-state index contributed by atoms with van der Waals surface area (Å²) in [5.41, 5.74) is 13.4. The number of benzene rings is 24. The van der Waals surface area contributed by atoms with Crippen LogP contribution in [0.25, 0.3) is 280 Å². The van der Waals surface area contributed by atoms with Crippen LogP contribution in [0.1, 0.15) is 39.8 Å². The summed E-state index contributed by atoms with van der Waals surface area (Å²) in [5.74, 6) is 0. The average molecular weight is 1750 g/mol. The topological polar surface area (TPSA) is 57.5 Å². The van der Waals surface area contributed by atoms with Crippen LogP contribution in [-0.2, 0) is 0 Å². The molecule has 5 aromatic heterocycles. The molecule has 0 aliphatic heterocycles. The minimum Gasteiger partial charge on any atom is -0.456 e. The highest BCUT2D eigenvalue weighted by atomic mass is 16.3. The molecule has 0 N–H and O–H groups in total. The number of hydrogen-bond donors (Lipinski definition) is 0. The zero-order valence-electron chi connectivity index (χ0n) is 99.9. The molecular weight excluding hydrogens is 1640 g/mol. The molecule has 0 bridgehead atoms. The lowest BCUT2D eigenvalue weighted by Crippen LogP contribution is -1.96. The van der Waals surface area contributed by atoms with Gasteiger partial charge in [-0.3, -0.25) is 0 Å². The molecule has 0 fully saturated rings. The second kappa shape index (κ2) is 31.5. The Morgan fingerprint density at radius 1 is 0.163 bits per heavy atom. The fourth-order valence-corrected chi connectivity index (χ4v) is 20.1. The molecule has 5 heterocycles. The Kier molecular flexibility index (Phi) is 12.4. The van der Waals surface area contributed by atoms with Crippen LogP contribution in [0, 0.1) is 0 Å². The molecule has 0 amide bonds. The van der Waals surface area contributed by atoms with E-state index in [4.69, 9.17) is 41.0 Å². The van der Waals surface area contributed by atoms with Crippen LogP contribution in [-0.4, -0.2) is 4.57 Å². The molecule has 24 aromatic carbocycles. The number of furan rings is 4. The van der Waals surface area contributed by atoms with Gasteiger partial charge < -0.3 is 22.2 Å². The summed E-state index contributed by atoms with van der Waals surface area (Å²) in [6.07, 6.45) is 0. The van der Waals surface area contributed by atoms with Crippen molar-refractivity contribution in [1.82, 2.24) is 4.57 Å². The summed E-state index contributed by atoms with van der Waals surface area (Å²) < 4.78 is 289. The lowest BCUT2D eigenvalue weighted by atomic mass is 9.85. The number of aromatic nitrogens is 1. The highest BCUT2D eigenvalue weighted by molar-refractivity contribution is 6.28. The third kappa shape index (κ3) is 12.5. The molecule has 0 aliphatic carbocycles. The Balaban J connectivity index is 0.000000118. The van der Waals surface area contributed by atoms with Gasteiger partial charge in [0.15, 0.2) is 5.58 Å². The predicted molar refractivity (Wildman–Crippen MR) is 569 cm³/mol. The summed E-state index contributed by atoms with van der Waals surface area (Å²) in [7, 11) is 0. The lowest BCUT2D eigenvalue weighted by Gasteiger charge is -2.19. The monoisotopic (exact) mass is 1750 g/mol. The molecule has 29 rings (SSSR count). The molecular formula is C130H79NO4. The van der Waals surface area contributed by atoms with Crippen molar-refractivity contribution in [1.29, 1.82) is 0 Å². The number of rotatable bonds is 9. The summed E-state index contributed by atoms with van der Waals surface area (Å²) >= 11 is 0. The Morgan fingerprint density at radius 3 is 0.874 bits per heavy atom. The van der Waals surface area contributed by atoms with E-state index in [-0.39, 0.29) is 130 Å². The van der Waals surface area contributed by atoms with Crippen LogP contribution in [0.2, 0.25) is 0 Å². The Morgan fingerprint density at radius 2 is 0.452 bits per heavy atom. The maximum Gasteiger partial charge on any atom is 0.159 e. The highest BCUT2D eigenvalue weighted by Gasteiger charge is 2.28. The van der Waals surface area contributed by atoms with Gasteiger partial charge in [0.05, 0.1) is 56.5 Å². The summed E-state index contributed by atoms with van der Waals surface area (Å²) in [6.45, 7) is 0. The third-order valence-corrected chi connectivity index (χ3v) is 25.9. The number of para-hydroxylation sites is 6. The smallest absolute Gasteiger partial charge is 0.159 e. The third-order valence-electron chi connectivity index (χ3n) is 25.9. The number of fused-ring (bicyclic) bond motifs is 22. The van der Waals surface area contributed by atoms with Crippen molar-refractivity contribution in [2.45, 2.75) is 0 Å². The van der Waals surface area contributed by atoms with Gasteiger partial charge in [-0.1, -0.05) is 388 Å². The van der Waals surface area contributed by atoms with Crippen molar-refractivity contribution in [2.24, 2.45) is 0 Å². The van der Waals surface area contributed by atoms with Crippen molar-refractivity contribution in [3.8, 4) is 94.7 Å². The zero-order valence-corrected chi connectivity index (χ0v) is 70.9. The fourth-order valence-electron chi connectivity index (χ4n) is 20.1. The van der Waals surface area contributed by atoms with Gasteiger partial charge in [0.25, 0.3) is 0 Å². The summed E-state index contributed by atoms with van der Waals surface area (Å²) in [5, 5.41) is 10.9. The van der Waals surface area contributed by atoms with Gasteiger partial charge >= 0.3 is 0 Å². The molecule has 5 heteroatoms. The summed E-state index contributed by atoms with van der Waals surface area (Å²) in [4.78, 5) is 0. The van der Waals surface area contributed by atoms with E-state index in [0.717, 1.165) is 98.1 Å². The SMILES string of the molecule is [2H]c1c([2H])c([2H])c(-c2c3c([2H])c([2H])c([2H])c([2H])c3c(-c3cc(-n4c5ccccc5c5ccccc54)c4oc5ccccc5c4c3)c3c([2H])c([2H])c([2H])c([2H])c23)c([2H])c1[2H].[2H]c1c([2H])c([2H])c2c(-c3cc(-c4ccc5ccccc5c4)c4oc5ccccc5c4c3)c3c([2H])c([2H])c([2H])c([2H])c3c(-c3ccccc3)c2c1[2H].[2H]c1c([2H])c([2H])c2c(-c3cc(-c4ccc5oc6ccccc6c5c4)c4oc5ccccc5c4c3)c3c([2H])c([2H])c([2H])c([2H])c3c(-c3ccccc3)c2c1[2H]. The molecule has 0 atom stereocenters. The number of hydrogen-bond acceptors (Lipinski definition) is 4. The molecule has 29 aromatic rings. The molecule has 135 heavy (non-hydrogen) atoms. The maximum atomic E-state index is 9.46. The van der Waals surface area contributed by atoms with E-state index in [0.29, 0.717) is 94.6 Å². The largest absolute Gasteiger partial charge is 0.456 e. The van der Waals surface area contributed by atoms with Crippen molar-refractivity contribution in [3.05, 3.63) is 479 Å². The van der Waals surface area contributed by atoms with E-state index >= 15 is 0 Å². The van der Waals surface area contributed by atoms with Crippen molar-refractivity contribution < 1.29 is 57.4 Å². The second-order valence-electron chi connectivity index (χ2n) is 33.2. The highest BCUT2D eigenvalue weighted by Crippen LogP contribution is 2.53. The predicted octanol–water partition coefficient (Wildman–Crippen LogP) is 37.2. The molecule has 0 aliphatic rings. The second-order valence-corrected chi connectivity index (χ2v) is 33.2. The maximum absolute atomic E-state index is 9.46. The van der Waals surface area contributed by atoms with Crippen molar-refractivity contribution in [2.75, 3.05) is 0 Å². The van der Waals surface area contributed by atoms with Gasteiger partial charge in [0.1, 0.15) is 39.1 Å². The fraction of sp³-hybridized carbons (Fsp3) is 0. The van der Waals surface area contributed by atoms with Gasteiger partial charge in [-0.15, -0.1) is 0 Å². The lowest BCUT2D eigenvalue weighted by molar-refractivity contribution is 0.666. The summed E-state index contributed by atoms with van der Waals surface area (Å²) in [6, 6.07) is 81.2. The van der Waals surface area contributed by atoms with E-state index in [1.165, 1.54) is 0 Å². The zero-order chi connectivity index (χ0) is 114. The molecule has 0 radical (unpaired) electrons. The van der Waals surface area contributed by atoms with Crippen LogP contribution in [0.4, 0.5) is 0 Å². The standard InChI is InChI=1S/C44H27NO.C44H26O2.C42H26O/c1-2-14-28(15-3-1)42-33-19-4-6-21-35(33)43(36-22-7-5-20-34(36)42)29-26-37-32-18-10-13-25-41(32)46-44(37)40(27-29)45-38-23-11-8-16-30(38)31-17-9-12-24-39(31)45;1-2-12-27(13-3-1)42-32-16-4-6-18-34(32)43(35-19-7-5-17-33(35)42)29-25-36(44-38(26-29)31-15-9-11-21-40(31)46-44)28-22-23-41-37(24-28)30-14-8-10-20-39(30)45-41;1-2-13-28(14-3-1)40-33-17-6-8-19-35(33)41(36-20-9-7-18-34(36)40)31-25-37(30-23-22-27-12-4-5-15-29(27)24-30)42-38(26-31)32-16-10-11-21-39(32)43-42/h1-27H;1-26H;1-26H/i1D,2D,3D,4D,5D,6D,7D,14D,15D,19D,20D,21D,22D;4D,5D,6D,7D,16D,17D,18D,19D;6D,7D,8D,9D,17D,18D,19D,20D. The van der Waals surface area contributed by atoms with Crippen LogP contribution < -0.4 is 0 Å². The van der Waals surface area contributed by atoms with Gasteiger partial charge in [0, 0.05) is 65.0 Å². The molecule has 0 saturated heterocycles. The molecule has 0 saturated carbocycles. The van der Waals surface area contributed by atoms with Crippen molar-refractivity contribution in [3.63, 3.8) is 0 Å². The van der Waals surface area contributed by atoms with E-state index < -0.39 is 132 Å². The van der Waals surface area contributed by atoms with Crippen LogP contribution in [0.15, 0.2) is 496 Å².